The third-order valence-electron chi connectivity index (χ3n) is 6.25. The molecule has 4 heteroatoms. The molecular formula is C20H28N2O2. The highest BCUT2D eigenvalue weighted by atomic mass is 16.5. The standard InChI is InChI=1S/C20H28N2O2/c23-19-14-18(17-4-2-1-3-5-17)20(21-19)8-10-22(11-9-20)15-16-6-12-24-13-7-16/h1-5,16,18H,6-15H2,(H,21,23)/t18-/m0/s1. The van der Waals surface area contributed by atoms with Crippen molar-refractivity contribution < 1.29 is 9.53 Å². The predicted octanol–water partition coefficient (Wildman–Crippen LogP) is 2.55. The number of carbonyl (C=O) groups is 1. The van der Waals surface area contributed by atoms with Gasteiger partial charge in [0.2, 0.25) is 5.91 Å². The van der Waals surface area contributed by atoms with Crippen LogP contribution in [0.25, 0.3) is 0 Å². The number of hydrogen-bond donors (Lipinski definition) is 1. The van der Waals surface area contributed by atoms with E-state index in [4.69, 9.17) is 4.74 Å². The van der Waals surface area contributed by atoms with Crippen LogP contribution in [0.5, 0.6) is 0 Å². The van der Waals surface area contributed by atoms with Gasteiger partial charge in [-0.25, -0.2) is 0 Å². The summed E-state index contributed by atoms with van der Waals surface area (Å²) in [5, 5.41) is 3.36. The maximum Gasteiger partial charge on any atom is 0.221 e. The Bertz CT molecular complexity index is 560. The zero-order valence-electron chi connectivity index (χ0n) is 14.4. The van der Waals surface area contributed by atoms with E-state index in [1.54, 1.807) is 0 Å². The Morgan fingerprint density at radius 2 is 1.83 bits per heavy atom. The number of nitrogens with one attached hydrogen (secondary N) is 1. The van der Waals surface area contributed by atoms with E-state index >= 15 is 0 Å². The summed E-state index contributed by atoms with van der Waals surface area (Å²) >= 11 is 0. The molecule has 4 rings (SSSR count). The molecule has 1 atom stereocenters. The number of piperidine rings is 1. The molecule has 0 bridgehead atoms. The van der Waals surface area contributed by atoms with Crippen molar-refractivity contribution in [3.05, 3.63) is 35.9 Å². The van der Waals surface area contributed by atoms with Crippen LogP contribution in [-0.4, -0.2) is 49.2 Å². The first kappa shape index (κ1) is 16.1. The van der Waals surface area contributed by atoms with Crippen LogP contribution in [0.3, 0.4) is 0 Å². The number of nitrogens with zero attached hydrogens (tertiary/aromatic N) is 1. The van der Waals surface area contributed by atoms with Crippen LogP contribution in [-0.2, 0) is 9.53 Å². The van der Waals surface area contributed by atoms with Gasteiger partial charge >= 0.3 is 0 Å². The molecule has 0 aliphatic carbocycles. The Hall–Kier alpha value is -1.39. The van der Waals surface area contributed by atoms with E-state index in [1.807, 2.05) is 0 Å². The molecule has 1 aromatic rings. The van der Waals surface area contributed by atoms with E-state index in [0.29, 0.717) is 12.3 Å². The number of likely N-dealkylation sites (tertiary alicyclic amines) is 1. The second-order valence-corrected chi connectivity index (χ2v) is 7.73. The molecule has 24 heavy (non-hydrogen) atoms. The summed E-state index contributed by atoms with van der Waals surface area (Å²) in [5.41, 5.74) is 1.29. The second kappa shape index (κ2) is 6.85. The number of benzene rings is 1. The maximum absolute atomic E-state index is 12.2. The van der Waals surface area contributed by atoms with E-state index in [-0.39, 0.29) is 11.4 Å². The van der Waals surface area contributed by atoms with Crippen LogP contribution in [0.1, 0.15) is 43.6 Å². The minimum Gasteiger partial charge on any atom is -0.381 e. The number of ether oxygens (including phenoxy) is 1. The molecule has 4 nitrogen and oxygen atoms in total. The van der Waals surface area contributed by atoms with Crippen LogP contribution >= 0.6 is 0 Å². The second-order valence-electron chi connectivity index (χ2n) is 7.73. The highest BCUT2D eigenvalue weighted by Gasteiger charge is 2.48. The molecule has 1 aromatic carbocycles. The molecule has 1 spiro atoms. The predicted molar refractivity (Wildman–Crippen MR) is 93.9 cm³/mol. The third-order valence-corrected chi connectivity index (χ3v) is 6.25. The summed E-state index contributed by atoms with van der Waals surface area (Å²) in [5.74, 6) is 1.34. The van der Waals surface area contributed by atoms with Gasteiger partial charge in [-0.05, 0) is 37.2 Å². The minimum absolute atomic E-state index is 0.0232. The largest absolute Gasteiger partial charge is 0.381 e. The molecule has 3 fully saturated rings. The van der Waals surface area contributed by atoms with Crippen molar-refractivity contribution in [2.75, 3.05) is 32.8 Å². The van der Waals surface area contributed by atoms with E-state index in [2.05, 4.69) is 40.5 Å². The summed E-state index contributed by atoms with van der Waals surface area (Å²) in [7, 11) is 0. The lowest BCUT2D eigenvalue weighted by Crippen LogP contribution is -2.54. The van der Waals surface area contributed by atoms with Crippen LogP contribution in [0.15, 0.2) is 30.3 Å². The third kappa shape index (κ3) is 3.22. The molecule has 0 unspecified atom stereocenters. The molecule has 0 aromatic heterocycles. The van der Waals surface area contributed by atoms with Gasteiger partial charge in [0.1, 0.15) is 0 Å². The van der Waals surface area contributed by atoms with E-state index in [9.17, 15) is 4.79 Å². The van der Waals surface area contributed by atoms with Gasteiger partial charge in [-0.2, -0.15) is 0 Å². The molecule has 0 saturated carbocycles. The fourth-order valence-electron chi connectivity index (χ4n) is 4.82. The van der Waals surface area contributed by atoms with Crippen molar-refractivity contribution in [2.24, 2.45) is 5.92 Å². The van der Waals surface area contributed by atoms with Crippen LogP contribution in [0, 0.1) is 5.92 Å². The van der Waals surface area contributed by atoms with Gasteiger partial charge in [0.25, 0.3) is 0 Å². The average Bonchev–Trinajstić information content (AvgIpc) is 2.95. The summed E-state index contributed by atoms with van der Waals surface area (Å²) in [6, 6.07) is 10.6. The smallest absolute Gasteiger partial charge is 0.221 e. The topological polar surface area (TPSA) is 41.6 Å². The van der Waals surface area contributed by atoms with Crippen LogP contribution in [0.2, 0.25) is 0 Å². The van der Waals surface area contributed by atoms with Gasteiger partial charge in [0, 0.05) is 50.7 Å². The summed E-state index contributed by atoms with van der Waals surface area (Å²) in [6.45, 7) is 5.24. The molecule has 130 valence electrons. The first-order chi connectivity index (χ1) is 11.8. The fraction of sp³-hybridized carbons (Fsp3) is 0.650. The highest BCUT2D eigenvalue weighted by Crippen LogP contribution is 2.43. The first-order valence-corrected chi connectivity index (χ1v) is 9.41. The molecule has 3 aliphatic rings. The lowest BCUT2D eigenvalue weighted by atomic mass is 9.74. The zero-order chi connectivity index (χ0) is 16.4. The van der Waals surface area contributed by atoms with Gasteiger partial charge in [-0.15, -0.1) is 0 Å². The van der Waals surface area contributed by atoms with Crippen molar-refractivity contribution in [2.45, 2.75) is 43.6 Å². The van der Waals surface area contributed by atoms with E-state index < -0.39 is 0 Å². The SMILES string of the molecule is O=C1C[C@@H](c2ccccc2)C2(CCN(CC3CCOCC3)CC2)N1. The Morgan fingerprint density at radius 1 is 1.12 bits per heavy atom. The normalized spacial score (nSPS) is 28.2. The van der Waals surface area contributed by atoms with E-state index in [0.717, 1.165) is 45.1 Å². The van der Waals surface area contributed by atoms with Gasteiger partial charge in [-0.3, -0.25) is 4.79 Å². The quantitative estimate of drug-likeness (QED) is 0.927. The molecule has 1 N–H and O–H groups in total. The Morgan fingerprint density at radius 3 is 2.54 bits per heavy atom. The van der Waals surface area contributed by atoms with Gasteiger partial charge < -0.3 is 15.0 Å². The molecule has 1 amide bonds. The zero-order valence-corrected chi connectivity index (χ0v) is 14.4. The lowest BCUT2D eigenvalue weighted by Gasteiger charge is -2.44. The molecule has 3 saturated heterocycles. The summed E-state index contributed by atoms with van der Waals surface area (Å²) < 4.78 is 5.47. The Kier molecular flexibility index (Phi) is 4.59. The number of hydrogen-bond acceptors (Lipinski definition) is 3. The average molecular weight is 328 g/mol. The van der Waals surface area contributed by atoms with Gasteiger partial charge in [-0.1, -0.05) is 30.3 Å². The number of rotatable bonds is 3. The molecular weight excluding hydrogens is 300 g/mol. The highest BCUT2D eigenvalue weighted by molar-refractivity contribution is 5.81. The molecule has 0 radical (unpaired) electrons. The Balaban J connectivity index is 1.41. The lowest BCUT2D eigenvalue weighted by molar-refractivity contribution is -0.120. The van der Waals surface area contributed by atoms with Crippen molar-refractivity contribution in [1.29, 1.82) is 0 Å². The van der Waals surface area contributed by atoms with Crippen molar-refractivity contribution in [3.8, 4) is 0 Å². The monoisotopic (exact) mass is 328 g/mol. The van der Waals surface area contributed by atoms with Crippen molar-refractivity contribution in [3.63, 3.8) is 0 Å². The maximum atomic E-state index is 12.2. The Labute approximate surface area is 144 Å². The molecule has 3 heterocycles. The van der Waals surface area contributed by atoms with Crippen molar-refractivity contribution >= 4 is 5.91 Å². The minimum atomic E-state index is -0.0232. The number of carbonyl (C=O) groups excluding carboxylic acids is 1. The van der Waals surface area contributed by atoms with Gasteiger partial charge in [0.05, 0.1) is 0 Å². The summed E-state index contributed by atoms with van der Waals surface area (Å²) in [6.07, 6.45) is 5.18. The summed E-state index contributed by atoms with van der Waals surface area (Å²) in [4.78, 5) is 14.8. The fourth-order valence-corrected chi connectivity index (χ4v) is 4.82. The first-order valence-electron chi connectivity index (χ1n) is 9.41. The van der Waals surface area contributed by atoms with E-state index in [1.165, 1.54) is 24.9 Å². The molecule has 3 aliphatic heterocycles. The number of amides is 1. The van der Waals surface area contributed by atoms with Gasteiger partial charge in [0.15, 0.2) is 0 Å². The van der Waals surface area contributed by atoms with Crippen LogP contribution in [0.4, 0.5) is 0 Å². The van der Waals surface area contributed by atoms with Crippen molar-refractivity contribution in [1.82, 2.24) is 10.2 Å². The van der Waals surface area contributed by atoms with Crippen LogP contribution < -0.4 is 5.32 Å².